The average molecular weight is 225 g/mol. The van der Waals surface area contributed by atoms with Crippen LogP contribution in [0.25, 0.3) is 0 Å². The summed E-state index contributed by atoms with van der Waals surface area (Å²) in [5.41, 5.74) is -0.594. The van der Waals surface area contributed by atoms with E-state index in [1.54, 1.807) is 12.8 Å². The van der Waals surface area contributed by atoms with Crippen molar-refractivity contribution in [2.75, 3.05) is 0 Å². The molecule has 3 radical (unpaired) electrons. The zero-order valence-electron chi connectivity index (χ0n) is 10.4. The first-order valence-corrected chi connectivity index (χ1v) is 5.68. The number of hydrogen-bond donors (Lipinski definition) is 0. The maximum atomic E-state index is 10.7. The van der Waals surface area contributed by atoms with Crippen LogP contribution in [0.15, 0.2) is 0 Å². The molecule has 0 spiro atoms. The second-order valence-electron chi connectivity index (χ2n) is 4.12. The first kappa shape index (κ1) is 15.1. The fourth-order valence-corrected chi connectivity index (χ4v) is 1.40. The Bertz CT molecular complexity index is 213. The van der Waals surface area contributed by atoms with Gasteiger partial charge in [-0.1, -0.05) is 19.8 Å². The van der Waals surface area contributed by atoms with Crippen LogP contribution >= 0.6 is 0 Å². The summed E-state index contributed by atoms with van der Waals surface area (Å²) in [6, 6.07) is 0. The van der Waals surface area contributed by atoms with Gasteiger partial charge in [0.05, 0.1) is 0 Å². The number of carbonyl (C=O) groups is 2. The monoisotopic (exact) mass is 225 g/mol. The molecule has 0 aromatic carbocycles. The Kier molecular flexibility index (Phi) is 7.86. The van der Waals surface area contributed by atoms with E-state index in [2.05, 4.69) is 6.92 Å². The van der Waals surface area contributed by atoms with Gasteiger partial charge in [-0.2, -0.15) is 0 Å². The standard InChI is InChI=1S/C13H21O3/c1-4-5-6-9-13(3,16-11-14)10-7-8-12(2)15/h7-8,10-11H,4-6,9H2,1-3H3/t13-/m1/s1. The molecule has 0 saturated carbocycles. The van der Waals surface area contributed by atoms with Gasteiger partial charge in [-0.25, -0.2) is 0 Å². The lowest BCUT2D eigenvalue weighted by molar-refractivity contribution is -0.139. The molecule has 1 atom stereocenters. The lowest BCUT2D eigenvalue weighted by atomic mass is 9.92. The molecule has 0 N–H and O–H groups in total. The Morgan fingerprint density at radius 2 is 2.06 bits per heavy atom. The molecule has 0 saturated heterocycles. The van der Waals surface area contributed by atoms with E-state index in [-0.39, 0.29) is 5.78 Å². The molecule has 91 valence electrons. The van der Waals surface area contributed by atoms with Gasteiger partial charge in [-0.05, 0) is 33.1 Å². The molecule has 0 fully saturated rings. The zero-order valence-corrected chi connectivity index (χ0v) is 10.4. The fraction of sp³-hybridized carbons (Fsp3) is 0.615. The molecule has 0 amide bonds. The van der Waals surface area contributed by atoms with Gasteiger partial charge in [0.2, 0.25) is 0 Å². The molecular formula is C13H21O3. The number of ketones is 1. The third-order valence-corrected chi connectivity index (χ3v) is 2.37. The number of unbranched alkanes of at least 4 members (excludes halogenated alkanes) is 2. The minimum Gasteiger partial charge on any atom is -0.461 e. The van der Waals surface area contributed by atoms with E-state index in [1.165, 1.54) is 13.3 Å². The Balaban J connectivity index is 3.99. The molecule has 3 heteroatoms. The van der Waals surface area contributed by atoms with E-state index in [0.717, 1.165) is 25.7 Å². The Hall–Kier alpha value is -0.860. The van der Waals surface area contributed by atoms with Crippen molar-refractivity contribution in [2.45, 2.75) is 52.1 Å². The molecule has 0 aromatic heterocycles. The van der Waals surface area contributed by atoms with Gasteiger partial charge >= 0.3 is 0 Å². The first-order valence-electron chi connectivity index (χ1n) is 5.68. The third-order valence-electron chi connectivity index (χ3n) is 2.37. The lowest BCUT2D eigenvalue weighted by Crippen LogP contribution is -2.29. The van der Waals surface area contributed by atoms with Gasteiger partial charge in [0.1, 0.15) is 11.4 Å². The summed E-state index contributed by atoms with van der Waals surface area (Å²) in [5, 5.41) is 0. The fourth-order valence-electron chi connectivity index (χ4n) is 1.40. The average Bonchev–Trinajstić information content (AvgIpc) is 2.18. The molecule has 0 bridgehead atoms. The minimum absolute atomic E-state index is 0.0155. The van der Waals surface area contributed by atoms with Gasteiger partial charge < -0.3 is 4.74 Å². The molecule has 0 aliphatic rings. The van der Waals surface area contributed by atoms with Crippen molar-refractivity contribution in [1.29, 1.82) is 0 Å². The molecule has 0 heterocycles. The third kappa shape index (κ3) is 7.43. The molecule has 16 heavy (non-hydrogen) atoms. The summed E-state index contributed by atoms with van der Waals surface area (Å²) in [4.78, 5) is 21.1. The van der Waals surface area contributed by atoms with Crippen LogP contribution in [-0.4, -0.2) is 17.9 Å². The number of hydrogen-bond acceptors (Lipinski definition) is 3. The quantitative estimate of drug-likeness (QED) is 0.424. The van der Waals surface area contributed by atoms with Crippen molar-refractivity contribution in [3.05, 3.63) is 19.3 Å². The van der Waals surface area contributed by atoms with Crippen LogP contribution in [0.1, 0.15) is 46.5 Å². The molecule has 3 nitrogen and oxygen atoms in total. The highest BCUT2D eigenvalue weighted by atomic mass is 16.5. The van der Waals surface area contributed by atoms with E-state index >= 15 is 0 Å². The van der Waals surface area contributed by atoms with E-state index in [0.29, 0.717) is 6.47 Å². The highest BCUT2D eigenvalue weighted by molar-refractivity contribution is 5.86. The Morgan fingerprint density at radius 3 is 2.56 bits per heavy atom. The van der Waals surface area contributed by atoms with Gasteiger partial charge in [-0.3, -0.25) is 9.59 Å². The summed E-state index contributed by atoms with van der Waals surface area (Å²) in [5.74, 6) is -0.0155. The van der Waals surface area contributed by atoms with Gasteiger partial charge in [0.25, 0.3) is 6.47 Å². The number of rotatable bonds is 10. The van der Waals surface area contributed by atoms with Crippen molar-refractivity contribution >= 4 is 12.3 Å². The van der Waals surface area contributed by atoms with Gasteiger partial charge in [0.15, 0.2) is 0 Å². The Labute approximate surface area is 98.6 Å². The second-order valence-corrected chi connectivity index (χ2v) is 4.12. The highest BCUT2D eigenvalue weighted by Gasteiger charge is 2.25. The molecule has 0 aliphatic carbocycles. The molecule has 0 rings (SSSR count). The summed E-state index contributed by atoms with van der Waals surface area (Å²) in [6.07, 6.45) is 8.90. The topological polar surface area (TPSA) is 43.4 Å². The van der Waals surface area contributed by atoms with Crippen LogP contribution in [-0.2, 0) is 14.3 Å². The number of carbonyl (C=O) groups excluding carboxylic acids is 2. The van der Waals surface area contributed by atoms with Gasteiger partial charge in [0, 0.05) is 12.8 Å². The molecule has 0 aromatic rings. The summed E-state index contributed by atoms with van der Waals surface area (Å²) in [7, 11) is 0. The normalized spacial score (nSPS) is 14.2. The van der Waals surface area contributed by atoms with Crippen LogP contribution in [0.2, 0.25) is 0 Å². The van der Waals surface area contributed by atoms with Crippen LogP contribution in [0.3, 0.4) is 0 Å². The highest BCUT2D eigenvalue weighted by Crippen LogP contribution is 2.23. The van der Waals surface area contributed by atoms with Crippen LogP contribution in [0.4, 0.5) is 0 Å². The minimum atomic E-state index is -0.594. The van der Waals surface area contributed by atoms with Crippen molar-refractivity contribution < 1.29 is 14.3 Å². The second kappa shape index (κ2) is 8.31. The first-order chi connectivity index (χ1) is 7.54. The Morgan fingerprint density at radius 1 is 1.38 bits per heavy atom. The molecule has 0 unspecified atom stereocenters. The van der Waals surface area contributed by atoms with Crippen molar-refractivity contribution in [2.24, 2.45) is 0 Å². The van der Waals surface area contributed by atoms with E-state index in [9.17, 15) is 9.59 Å². The zero-order chi connectivity index (χ0) is 12.4. The van der Waals surface area contributed by atoms with Crippen LogP contribution in [0, 0.1) is 19.3 Å². The van der Waals surface area contributed by atoms with Crippen LogP contribution < -0.4 is 0 Å². The molecule has 0 aliphatic heterocycles. The largest absolute Gasteiger partial charge is 0.461 e. The maximum Gasteiger partial charge on any atom is 0.293 e. The van der Waals surface area contributed by atoms with Crippen molar-refractivity contribution in [1.82, 2.24) is 0 Å². The van der Waals surface area contributed by atoms with E-state index < -0.39 is 5.60 Å². The van der Waals surface area contributed by atoms with E-state index in [4.69, 9.17) is 4.74 Å². The van der Waals surface area contributed by atoms with Crippen molar-refractivity contribution in [3.63, 3.8) is 0 Å². The predicted octanol–water partition coefficient (Wildman–Crippen LogP) is 2.70. The SMILES string of the molecule is CCCCC[C@](C)([CH][CH][CH]C(C)=O)OC=O. The number of ether oxygens (including phenoxy) is 1. The lowest BCUT2D eigenvalue weighted by Gasteiger charge is -2.27. The molecular weight excluding hydrogens is 204 g/mol. The van der Waals surface area contributed by atoms with E-state index in [1.807, 2.05) is 6.92 Å². The number of Topliss-reactive ketones (excluding diaryl/α,β-unsaturated/α-hetero) is 1. The maximum absolute atomic E-state index is 10.7. The predicted molar refractivity (Wildman–Crippen MR) is 63.3 cm³/mol. The summed E-state index contributed by atoms with van der Waals surface area (Å²) >= 11 is 0. The van der Waals surface area contributed by atoms with Crippen LogP contribution in [0.5, 0.6) is 0 Å². The smallest absolute Gasteiger partial charge is 0.293 e. The van der Waals surface area contributed by atoms with Crippen molar-refractivity contribution in [3.8, 4) is 0 Å². The van der Waals surface area contributed by atoms with Gasteiger partial charge in [-0.15, -0.1) is 0 Å². The summed E-state index contributed by atoms with van der Waals surface area (Å²) in [6.45, 7) is 5.92. The summed E-state index contributed by atoms with van der Waals surface area (Å²) < 4.78 is 5.06.